The van der Waals surface area contributed by atoms with Gasteiger partial charge in [0.2, 0.25) is 0 Å². The van der Waals surface area contributed by atoms with Gasteiger partial charge in [-0.25, -0.2) is 0 Å². The number of hydrogen-bond acceptors (Lipinski definition) is 3. The highest BCUT2D eigenvalue weighted by Crippen LogP contribution is 2.23. The molecule has 1 heterocycles. The lowest BCUT2D eigenvalue weighted by molar-refractivity contribution is 0.0717. The van der Waals surface area contributed by atoms with Crippen LogP contribution in [0.4, 0.5) is 0 Å². The molecule has 122 valence electrons. The lowest BCUT2D eigenvalue weighted by Gasteiger charge is -2.23. The zero-order chi connectivity index (χ0) is 16.9. The second kappa shape index (κ2) is 7.23. The van der Waals surface area contributed by atoms with Gasteiger partial charge in [0.1, 0.15) is 11.5 Å². The number of phenols is 1. The first-order valence-corrected chi connectivity index (χ1v) is 7.86. The summed E-state index contributed by atoms with van der Waals surface area (Å²) < 4.78 is 5.36. The van der Waals surface area contributed by atoms with Gasteiger partial charge in [0, 0.05) is 5.56 Å². The number of rotatable bonds is 5. The van der Waals surface area contributed by atoms with Crippen LogP contribution in [-0.4, -0.2) is 15.9 Å². The van der Waals surface area contributed by atoms with E-state index in [1.165, 1.54) is 0 Å². The van der Waals surface area contributed by atoms with E-state index in [1.807, 2.05) is 6.07 Å². The number of para-hydroxylation sites is 1. The van der Waals surface area contributed by atoms with Crippen LogP contribution in [-0.2, 0) is 13.1 Å². The van der Waals surface area contributed by atoms with Crippen LogP contribution in [0.2, 0.25) is 5.02 Å². The van der Waals surface area contributed by atoms with Crippen molar-refractivity contribution in [2.45, 2.75) is 13.1 Å². The summed E-state index contributed by atoms with van der Waals surface area (Å²) in [6.07, 6.45) is 1.56. The molecule has 0 saturated heterocycles. The second-order valence-corrected chi connectivity index (χ2v) is 5.76. The number of nitrogens with zero attached hydrogens (tertiary/aromatic N) is 1. The maximum absolute atomic E-state index is 12.9. The lowest BCUT2D eigenvalue weighted by Crippen LogP contribution is -2.30. The molecule has 4 nitrogen and oxygen atoms in total. The third kappa shape index (κ3) is 3.60. The molecule has 1 N–H and O–H groups in total. The Morgan fingerprint density at radius 1 is 1.00 bits per heavy atom. The fourth-order valence-electron chi connectivity index (χ4n) is 2.45. The smallest absolute Gasteiger partial charge is 0.256 e. The standard InChI is InChI=1S/C19H16ClNO3/c20-17-9-3-2-8-16(17)19(23)21(13-15-7-5-11-24-15)12-14-6-1-4-10-18(14)22/h1-11,22H,12-13H2. The summed E-state index contributed by atoms with van der Waals surface area (Å²) in [4.78, 5) is 14.5. The number of hydrogen-bond donors (Lipinski definition) is 1. The number of benzene rings is 2. The average Bonchev–Trinajstić information content (AvgIpc) is 3.09. The lowest BCUT2D eigenvalue weighted by atomic mass is 10.1. The molecular weight excluding hydrogens is 326 g/mol. The van der Waals surface area contributed by atoms with Gasteiger partial charge in [-0.1, -0.05) is 41.9 Å². The predicted molar refractivity (Wildman–Crippen MR) is 91.8 cm³/mol. The second-order valence-electron chi connectivity index (χ2n) is 5.35. The number of amides is 1. The van der Waals surface area contributed by atoms with Gasteiger partial charge in [-0.2, -0.15) is 0 Å². The number of halogens is 1. The van der Waals surface area contributed by atoms with Gasteiger partial charge in [-0.3, -0.25) is 4.79 Å². The largest absolute Gasteiger partial charge is 0.508 e. The van der Waals surface area contributed by atoms with E-state index in [4.69, 9.17) is 16.0 Å². The fraction of sp³-hybridized carbons (Fsp3) is 0.105. The van der Waals surface area contributed by atoms with E-state index in [0.717, 1.165) is 0 Å². The van der Waals surface area contributed by atoms with Gasteiger partial charge in [0.05, 0.1) is 29.9 Å². The van der Waals surface area contributed by atoms with Gasteiger partial charge in [0.25, 0.3) is 5.91 Å². The molecule has 0 spiro atoms. The van der Waals surface area contributed by atoms with Crippen molar-refractivity contribution in [2.75, 3.05) is 0 Å². The van der Waals surface area contributed by atoms with E-state index in [2.05, 4.69) is 0 Å². The van der Waals surface area contributed by atoms with Crippen LogP contribution >= 0.6 is 11.6 Å². The fourth-order valence-corrected chi connectivity index (χ4v) is 2.66. The summed E-state index contributed by atoms with van der Waals surface area (Å²) in [7, 11) is 0. The minimum atomic E-state index is -0.222. The summed E-state index contributed by atoms with van der Waals surface area (Å²) in [5.41, 5.74) is 1.07. The first-order chi connectivity index (χ1) is 11.6. The van der Waals surface area contributed by atoms with Crippen LogP contribution in [0.1, 0.15) is 21.7 Å². The highest BCUT2D eigenvalue weighted by molar-refractivity contribution is 6.33. The van der Waals surface area contributed by atoms with Crippen molar-refractivity contribution >= 4 is 17.5 Å². The molecule has 0 aliphatic heterocycles. The molecule has 0 unspecified atom stereocenters. The van der Waals surface area contributed by atoms with Gasteiger partial charge in [0.15, 0.2) is 0 Å². The van der Waals surface area contributed by atoms with Crippen molar-refractivity contribution in [1.29, 1.82) is 0 Å². The highest BCUT2D eigenvalue weighted by atomic mass is 35.5. The van der Waals surface area contributed by atoms with Crippen LogP contribution in [0, 0.1) is 0 Å². The summed E-state index contributed by atoms with van der Waals surface area (Å²) in [5, 5.41) is 10.4. The van der Waals surface area contributed by atoms with Gasteiger partial charge >= 0.3 is 0 Å². The van der Waals surface area contributed by atoms with Gasteiger partial charge in [-0.15, -0.1) is 0 Å². The molecule has 0 saturated carbocycles. The van der Waals surface area contributed by atoms with Gasteiger partial charge < -0.3 is 14.4 Å². The number of carbonyl (C=O) groups is 1. The minimum absolute atomic E-state index is 0.147. The molecule has 0 aliphatic rings. The van der Waals surface area contributed by atoms with Gasteiger partial charge in [-0.05, 0) is 30.3 Å². The molecule has 5 heteroatoms. The van der Waals surface area contributed by atoms with Crippen molar-refractivity contribution in [3.63, 3.8) is 0 Å². The van der Waals surface area contributed by atoms with E-state index in [0.29, 0.717) is 21.9 Å². The Bertz CT molecular complexity index is 830. The summed E-state index contributed by atoms with van der Waals surface area (Å²) >= 11 is 6.16. The molecule has 0 radical (unpaired) electrons. The Hall–Kier alpha value is -2.72. The van der Waals surface area contributed by atoms with Crippen molar-refractivity contribution in [3.8, 4) is 5.75 Å². The van der Waals surface area contributed by atoms with Crippen molar-refractivity contribution < 1.29 is 14.3 Å². The Kier molecular flexibility index (Phi) is 4.87. The third-order valence-corrected chi connectivity index (χ3v) is 4.00. The molecule has 0 fully saturated rings. The summed E-state index contributed by atoms with van der Waals surface area (Å²) in [5.74, 6) is 0.583. The van der Waals surface area contributed by atoms with Crippen molar-refractivity contribution in [3.05, 3.63) is 88.8 Å². The normalized spacial score (nSPS) is 10.5. The molecule has 1 amide bonds. The molecular formula is C19H16ClNO3. The first-order valence-electron chi connectivity index (χ1n) is 7.48. The molecule has 3 rings (SSSR count). The van der Waals surface area contributed by atoms with E-state index in [-0.39, 0.29) is 24.7 Å². The number of furan rings is 1. The van der Waals surface area contributed by atoms with E-state index < -0.39 is 0 Å². The first kappa shape index (κ1) is 16.1. The van der Waals surface area contributed by atoms with Crippen LogP contribution < -0.4 is 0 Å². The van der Waals surface area contributed by atoms with Crippen LogP contribution in [0.15, 0.2) is 71.3 Å². The molecule has 1 aromatic heterocycles. The maximum Gasteiger partial charge on any atom is 0.256 e. The quantitative estimate of drug-likeness (QED) is 0.744. The third-order valence-electron chi connectivity index (χ3n) is 3.67. The maximum atomic E-state index is 12.9. The van der Waals surface area contributed by atoms with E-state index in [1.54, 1.807) is 65.8 Å². The van der Waals surface area contributed by atoms with Crippen LogP contribution in [0.5, 0.6) is 5.75 Å². The average molecular weight is 342 g/mol. The Balaban J connectivity index is 1.91. The van der Waals surface area contributed by atoms with Crippen LogP contribution in [0.3, 0.4) is 0 Å². The Morgan fingerprint density at radius 2 is 1.75 bits per heavy atom. The van der Waals surface area contributed by atoms with E-state index in [9.17, 15) is 9.90 Å². The Labute approximate surface area is 144 Å². The van der Waals surface area contributed by atoms with Crippen molar-refractivity contribution in [1.82, 2.24) is 4.90 Å². The topological polar surface area (TPSA) is 53.7 Å². The highest BCUT2D eigenvalue weighted by Gasteiger charge is 2.20. The number of aromatic hydroxyl groups is 1. The molecule has 0 atom stereocenters. The number of carbonyl (C=O) groups excluding carboxylic acids is 1. The molecule has 0 bridgehead atoms. The summed E-state index contributed by atoms with van der Waals surface area (Å²) in [6.45, 7) is 0.531. The molecule has 2 aromatic carbocycles. The zero-order valence-electron chi connectivity index (χ0n) is 12.9. The Morgan fingerprint density at radius 3 is 2.46 bits per heavy atom. The summed E-state index contributed by atoms with van der Waals surface area (Å²) in [6, 6.07) is 17.4. The molecule has 0 aliphatic carbocycles. The monoisotopic (exact) mass is 341 g/mol. The van der Waals surface area contributed by atoms with Crippen molar-refractivity contribution in [2.24, 2.45) is 0 Å². The minimum Gasteiger partial charge on any atom is -0.508 e. The SMILES string of the molecule is O=C(c1ccccc1Cl)N(Cc1ccco1)Cc1ccccc1O. The van der Waals surface area contributed by atoms with Crippen LogP contribution in [0.25, 0.3) is 0 Å². The molecule has 3 aromatic rings. The number of phenolic OH excluding ortho intramolecular Hbond substituents is 1. The predicted octanol–water partition coefficient (Wildman–Crippen LogP) is 4.48. The molecule has 24 heavy (non-hydrogen) atoms. The van der Waals surface area contributed by atoms with E-state index >= 15 is 0 Å². The zero-order valence-corrected chi connectivity index (χ0v) is 13.6.